The number of carbonyl (C=O) groups excluding carboxylic acids is 2. The fraction of sp³-hybridized carbons (Fsp3) is 0.440. The van der Waals surface area contributed by atoms with Crippen LogP contribution in [0.2, 0.25) is 0 Å². The van der Waals surface area contributed by atoms with E-state index in [1.165, 1.54) is 23.9 Å². The second-order valence-electron chi connectivity index (χ2n) is 8.05. The van der Waals surface area contributed by atoms with Crippen LogP contribution < -0.4 is 10.1 Å². The first-order valence-electron chi connectivity index (χ1n) is 10.9. The van der Waals surface area contributed by atoms with Gasteiger partial charge in [0.25, 0.3) is 0 Å². The average Bonchev–Trinajstić information content (AvgIpc) is 2.79. The van der Waals surface area contributed by atoms with Gasteiger partial charge in [0.1, 0.15) is 17.6 Å². The summed E-state index contributed by atoms with van der Waals surface area (Å²) in [5.74, 6) is 1.44. The van der Waals surface area contributed by atoms with E-state index in [0.29, 0.717) is 24.6 Å². The van der Waals surface area contributed by atoms with Gasteiger partial charge in [0, 0.05) is 18.8 Å². The Balaban J connectivity index is 2.09. The highest BCUT2D eigenvalue weighted by molar-refractivity contribution is 7.99. The van der Waals surface area contributed by atoms with Gasteiger partial charge in [0.15, 0.2) is 0 Å². The standard InChI is InChI=1S/C25H33FN2O3S/c1-5-23(25(30)27-14-18(2)3)28(15-19-6-10-21(26)11-7-19)24(29)17-32-16-20-8-12-22(31-4)13-9-20/h6-13,18,23H,5,14-17H2,1-4H3,(H,27,30). The summed E-state index contributed by atoms with van der Waals surface area (Å²) in [6.07, 6.45) is 0.500. The maximum absolute atomic E-state index is 13.3. The van der Waals surface area contributed by atoms with Gasteiger partial charge in [-0.25, -0.2) is 4.39 Å². The quantitative estimate of drug-likeness (QED) is 0.501. The number of nitrogens with zero attached hydrogens (tertiary/aromatic N) is 1. The molecule has 1 unspecified atom stereocenters. The molecule has 0 saturated carbocycles. The van der Waals surface area contributed by atoms with Crippen LogP contribution in [-0.2, 0) is 21.9 Å². The van der Waals surface area contributed by atoms with Gasteiger partial charge in [-0.05, 0) is 47.7 Å². The lowest BCUT2D eigenvalue weighted by atomic mass is 10.1. The molecule has 1 atom stereocenters. The van der Waals surface area contributed by atoms with Crippen molar-refractivity contribution < 1.29 is 18.7 Å². The molecule has 0 bridgehead atoms. The van der Waals surface area contributed by atoms with E-state index in [4.69, 9.17) is 4.74 Å². The minimum atomic E-state index is -0.576. The molecule has 174 valence electrons. The Hall–Kier alpha value is -2.54. The van der Waals surface area contributed by atoms with E-state index in [1.54, 1.807) is 24.1 Å². The zero-order valence-electron chi connectivity index (χ0n) is 19.3. The van der Waals surface area contributed by atoms with E-state index in [-0.39, 0.29) is 29.9 Å². The van der Waals surface area contributed by atoms with Crippen LogP contribution in [0.25, 0.3) is 0 Å². The number of thioether (sulfide) groups is 1. The largest absolute Gasteiger partial charge is 0.497 e. The van der Waals surface area contributed by atoms with Crippen LogP contribution in [0.4, 0.5) is 4.39 Å². The summed E-state index contributed by atoms with van der Waals surface area (Å²) in [6.45, 7) is 6.77. The lowest BCUT2D eigenvalue weighted by Gasteiger charge is -2.31. The summed E-state index contributed by atoms with van der Waals surface area (Å²) in [6, 6.07) is 13.2. The van der Waals surface area contributed by atoms with Crippen molar-refractivity contribution in [1.29, 1.82) is 0 Å². The third kappa shape index (κ3) is 8.19. The number of amides is 2. The number of hydrogen-bond acceptors (Lipinski definition) is 4. The van der Waals surface area contributed by atoms with Crippen LogP contribution >= 0.6 is 11.8 Å². The number of benzene rings is 2. The lowest BCUT2D eigenvalue weighted by Crippen LogP contribution is -2.50. The Kier molecular flexibility index (Phi) is 10.5. The van der Waals surface area contributed by atoms with E-state index >= 15 is 0 Å². The predicted molar refractivity (Wildman–Crippen MR) is 128 cm³/mol. The van der Waals surface area contributed by atoms with E-state index in [9.17, 15) is 14.0 Å². The van der Waals surface area contributed by atoms with E-state index in [0.717, 1.165) is 16.9 Å². The van der Waals surface area contributed by atoms with Crippen molar-refractivity contribution in [1.82, 2.24) is 10.2 Å². The molecule has 0 aliphatic carbocycles. The minimum Gasteiger partial charge on any atom is -0.497 e. The number of methoxy groups -OCH3 is 1. The van der Waals surface area contributed by atoms with Crippen LogP contribution in [0.5, 0.6) is 5.75 Å². The van der Waals surface area contributed by atoms with Gasteiger partial charge in [-0.2, -0.15) is 0 Å². The molecule has 0 spiro atoms. The maximum atomic E-state index is 13.3. The molecule has 2 aromatic carbocycles. The molecule has 0 saturated heterocycles. The predicted octanol–water partition coefficient (Wildman–Crippen LogP) is 4.65. The summed E-state index contributed by atoms with van der Waals surface area (Å²) >= 11 is 1.50. The highest BCUT2D eigenvalue weighted by Gasteiger charge is 2.28. The molecule has 0 radical (unpaired) electrons. The highest BCUT2D eigenvalue weighted by Crippen LogP contribution is 2.19. The number of rotatable bonds is 12. The van der Waals surface area contributed by atoms with Crippen molar-refractivity contribution in [2.24, 2.45) is 5.92 Å². The molecular formula is C25H33FN2O3S. The fourth-order valence-corrected chi connectivity index (χ4v) is 4.06. The zero-order valence-corrected chi connectivity index (χ0v) is 20.1. The number of nitrogens with one attached hydrogen (secondary N) is 1. The molecule has 2 aromatic rings. The van der Waals surface area contributed by atoms with Crippen LogP contribution in [0.1, 0.15) is 38.3 Å². The van der Waals surface area contributed by atoms with E-state index in [2.05, 4.69) is 5.32 Å². The third-order valence-corrected chi connectivity index (χ3v) is 5.98. The van der Waals surface area contributed by atoms with Crippen LogP contribution in [-0.4, -0.2) is 42.2 Å². The van der Waals surface area contributed by atoms with Gasteiger partial charge in [0.05, 0.1) is 12.9 Å². The summed E-state index contributed by atoms with van der Waals surface area (Å²) in [5.41, 5.74) is 1.88. The smallest absolute Gasteiger partial charge is 0.242 e. The number of halogens is 1. The molecule has 0 aliphatic rings. The third-order valence-electron chi connectivity index (χ3n) is 4.99. The maximum Gasteiger partial charge on any atom is 0.242 e. The number of ether oxygens (including phenoxy) is 1. The molecule has 0 aromatic heterocycles. The molecule has 2 rings (SSSR count). The van der Waals surface area contributed by atoms with Crippen LogP contribution in [0.15, 0.2) is 48.5 Å². The summed E-state index contributed by atoms with van der Waals surface area (Å²) in [7, 11) is 1.62. The molecule has 1 N–H and O–H groups in total. The van der Waals surface area contributed by atoms with Gasteiger partial charge >= 0.3 is 0 Å². The number of hydrogen-bond donors (Lipinski definition) is 1. The zero-order chi connectivity index (χ0) is 23.5. The van der Waals surface area contributed by atoms with Crippen molar-refractivity contribution in [3.63, 3.8) is 0 Å². The second-order valence-corrected chi connectivity index (χ2v) is 9.04. The molecule has 7 heteroatoms. The van der Waals surface area contributed by atoms with Gasteiger partial charge in [-0.1, -0.05) is 45.0 Å². The topological polar surface area (TPSA) is 58.6 Å². The van der Waals surface area contributed by atoms with Crippen molar-refractivity contribution in [3.8, 4) is 5.75 Å². The SMILES string of the molecule is CCC(C(=O)NCC(C)C)N(Cc1ccc(F)cc1)C(=O)CSCc1ccc(OC)cc1. The Morgan fingerprint density at radius 1 is 1.06 bits per heavy atom. The normalized spacial score (nSPS) is 11.8. The van der Waals surface area contributed by atoms with E-state index in [1.807, 2.05) is 45.0 Å². The van der Waals surface area contributed by atoms with Crippen molar-refractivity contribution in [2.75, 3.05) is 19.4 Å². The lowest BCUT2D eigenvalue weighted by molar-refractivity contribution is -0.139. The number of carbonyl (C=O) groups is 2. The first-order chi connectivity index (χ1) is 15.3. The van der Waals surface area contributed by atoms with E-state index < -0.39 is 6.04 Å². The van der Waals surface area contributed by atoms with Gasteiger partial charge in [0.2, 0.25) is 11.8 Å². The Morgan fingerprint density at radius 2 is 1.69 bits per heavy atom. The Labute approximate surface area is 194 Å². The summed E-state index contributed by atoms with van der Waals surface area (Å²) in [4.78, 5) is 27.6. The summed E-state index contributed by atoms with van der Waals surface area (Å²) in [5, 5.41) is 2.94. The van der Waals surface area contributed by atoms with Crippen LogP contribution in [0.3, 0.4) is 0 Å². The molecular weight excluding hydrogens is 427 g/mol. The Morgan fingerprint density at radius 3 is 2.25 bits per heavy atom. The Bertz CT molecular complexity index is 856. The molecule has 0 heterocycles. The van der Waals surface area contributed by atoms with Gasteiger partial charge in [-0.3, -0.25) is 9.59 Å². The molecule has 32 heavy (non-hydrogen) atoms. The highest BCUT2D eigenvalue weighted by atomic mass is 32.2. The minimum absolute atomic E-state index is 0.112. The molecule has 2 amide bonds. The van der Waals surface area contributed by atoms with Gasteiger partial charge in [-0.15, -0.1) is 11.8 Å². The van der Waals surface area contributed by atoms with Crippen molar-refractivity contribution >= 4 is 23.6 Å². The molecule has 0 fully saturated rings. The first-order valence-corrected chi connectivity index (χ1v) is 12.0. The van der Waals surface area contributed by atoms with Crippen molar-refractivity contribution in [3.05, 3.63) is 65.5 Å². The first kappa shape index (κ1) is 25.7. The second kappa shape index (κ2) is 13.1. The average molecular weight is 461 g/mol. The fourth-order valence-electron chi connectivity index (χ4n) is 3.19. The summed E-state index contributed by atoms with van der Waals surface area (Å²) < 4.78 is 18.5. The van der Waals surface area contributed by atoms with Crippen LogP contribution in [0, 0.1) is 11.7 Å². The monoisotopic (exact) mass is 460 g/mol. The molecule has 0 aliphatic heterocycles. The molecule has 5 nitrogen and oxygen atoms in total. The van der Waals surface area contributed by atoms with Crippen molar-refractivity contribution in [2.45, 2.75) is 45.5 Å². The van der Waals surface area contributed by atoms with Gasteiger partial charge < -0.3 is 15.0 Å².